The highest BCUT2D eigenvalue weighted by atomic mass is 32.2. The highest BCUT2D eigenvalue weighted by Crippen LogP contribution is 2.27. The second-order valence-electron chi connectivity index (χ2n) is 4.94. The standard InChI is InChI=1S/C16H19NOS/c1-2-14-4-5-16(10-15(14)3-1)19-9-7-17-11-13-6-8-18-12-13/h4-6,8,10,12,17H,1-3,7,9,11H2. The summed E-state index contributed by atoms with van der Waals surface area (Å²) in [6.07, 6.45) is 7.38. The summed E-state index contributed by atoms with van der Waals surface area (Å²) in [4.78, 5) is 1.41. The summed E-state index contributed by atoms with van der Waals surface area (Å²) in [6, 6.07) is 8.96. The Morgan fingerprint density at radius 3 is 3.00 bits per heavy atom. The SMILES string of the molecule is c1cc(CNCCSc2ccc3c(c2)CCC3)co1. The molecule has 1 aliphatic rings. The van der Waals surface area contributed by atoms with E-state index in [1.807, 2.05) is 17.8 Å². The molecule has 0 saturated heterocycles. The number of nitrogens with one attached hydrogen (secondary N) is 1. The Balaban J connectivity index is 1.40. The molecule has 19 heavy (non-hydrogen) atoms. The number of aryl methyl sites for hydroxylation is 2. The first-order valence-electron chi connectivity index (χ1n) is 6.88. The van der Waals surface area contributed by atoms with E-state index in [1.165, 1.54) is 29.7 Å². The third-order valence-electron chi connectivity index (χ3n) is 3.53. The molecule has 0 fully saturated rings. The van der Waals surface area contributed by atoms with Crippen molar-refractivity contribution in [3.63, 3.8) is 0 Å². The minimum atomic E-state index is 0.890. The predicted molar refractivity (Wildman–Crippen MR) is 79.6 cm³/mol. The molecule has 0 unspecified atom stereocenters. The molecule has 2 nitrogen and oxygen atoms in total. The molecule has 0 amide bonds. The van der Waals surface area contributed by atoms with E-state index in [4.69, 9.17) is 4.42 Å². The van der Waals surface area contributed by atoms with Crippen molar-refractivity contribution in [2.24, 2.45) is 0 Å². The summed E-state index contributed by atoms with van der Waals surface area (Å²) in [5.41, 5.74) is 4.33. The molecule has 0 aliphatic heterocycles. The third kappa shape index (κ3) is 3.43. The minimum absolute atomic E-state index is 0.890. The van der Waals surface area contributed by atoms with Crippen LogP contribution < -0.4 is 5.32 Å². The van der Waals surface area contributed by atoms with Crippen molar-refractivity contribution >= 4 is 11.8 Å². The maximum atomic E-state index is 5.04. The first-order chi connectivity index (χ1) is 9.42. The molecule has 0 spiro atoms. The molecule has 0 radical (unpaired) electrons. The van der Waals surface area contributed by atoms with Gasteiger partial charge in [0, 0.05) is 29.3 Å². The van der Waals surface area contributed by atoms with Gasteiger partial charge in [0.2, 0.25) is 0 Å². The van der Waals surface area contributed by atoms with Gasteiger partial charge in [-0.25, -0.2) is 0 Å². The number of thioether (sulfide) groups is 1. The Kier molecular flexibility index (Phi) is 4.26. The normalized spacial score (nSPS) is 13.7. The number of hydrogen-bond acceptors (Lipinski definition) is 3. The van der Waals surface area contributed by atoms with Gasteiger partial charge in [0.1, 0.15) is 0 Å². The highest BCUT2D eigenvalue weighted by molar-refractivity contribution is 7.99. The van der Waals surface area contributed by atoms with Crippen LogP contribution in [0.4, 0.5) is 0 Å². The van der Waals surface area contributed by atoms with Gasteiger partial charge in [-0.2, -0.15) is 0 Å². The fraction of sp³-hybridized carbons (Fsp3) is 0.375. The Hall–Kier alpha value is -1.19. The van der Waals surface area contributed by atoms with Crippen LogP contribution in [0.15, 0.2) is 46.1 Å². The summed E-state index contributed by atoms with van der Waals surface area (Å²) in [7, 11) is 0. The quantitative estimate of drug-likeness (QED) is 0.642. The van der Waals surface area contributed by atoms with Crippen LogP contribution in [0.5, 0.6) is 0 Å². The molecule has 0 bridgehead atoms. The minimum Gasteiger partial charge on any atom is -0.472 e. The fourth-order valence-corrected chi connectivity index (χ4v) is 3.38. The molecule has 0 atom stereocenters. The number of benzene rings is 1. The largest absolute Gasteiger partial charge is 0.472 e. The highest BCUT2D eigenvalue weighted by Gasteiger charge is 2.10. The smallest absolute Gasteiger partial charge is 0.0947 e. The Bertz CT molecular complexity index is 522. The van der Waals surface area contributed by atoms with Crippen molar-refractivity contribution in [2.75, 3.05) is 12.3 Å². The zero-order valence-corrected chi connectivity index (χ0v) is 11.8. The average Bonchev–Trinajstić information content (AvgIpc) is 3.08. The van der Waals surface area contributed by atoms with Gasteiger partial charge in [0.15, 0.2) is 0 Å². The fourth-order valence-electron chi connectivity index (χ4n) is 2.50. The molecule has 3 heteroatoms. The second-order valence-corrected chi connectivity index (χ2v) is 6.11. The zero-order valence-electron chi connectivity index (χ0n) is 11.0. The maximum Gasteiger partial charge on any atom is 0.0947 e. The summed E-state index contributed by atoms with van der Waals surface area (Å²) in [6.45, 7) is 1.91. The first kappa shape index (κ1) is 12.8. The van der Waals surface area contributed by atoms with E-state index in [1.54, 1.807) is 23.7 Å². The van der Waals surface area contributed by atoms with E-state index in [2.05, 4.69) is 23.5 Å². The van der Waals surface area contributed by atoms with Crippen molar-refractivity contribution < 1.29 is 4.42 Å². The van der Waals surface area contributed by atoms with Gasteiger partial charge < -0.3 is 9.73 Å². The van der Waals surface area contributed by atoms with E-state index in [-0.39, 0.29) is 0 Å². The van der Waals surface area contributed by atoms with Crippen LogP contribution in [0.25, 0.3) is 0 Å². The molecule has 1 N–H and O–H groups in total. The molecule has 1 aromatic carbocycles. The van der Waals surface area contributed by atoms with Gasteiger partial charge >= 0.3 is 0 Å². The second kappa shape index (κ2) is 6.31. The monoisotopic (exact) mass is 273 g/mol. The average molecular weight is 273 g/mol. The lowest BCUT2D eigenvalue weighted by molar-refractivity contribution is 0.561. The number of fused-ring (bicyclic) bond motifs is 1. The number of hydrogen-bond donors (Lipinski definition) is 1. The summed E-state index contributed by atoms with van der Waals surface area (Å²) in [5.74, 6) is 1.11. The van der Waals surface area contributed by atoms with E-state index < -0.39 is 0 Å². The molecule has 0 saturated carbocycles. The van der Waals surface area contributed by atoms with Crippen LogP contribution in [-0.2, 0) is 19.4 Å². The van der Waals surface area contributed by atoms with Gasteiger partial charge in [-0.1, -0.05) is 6.07 Å². The molecule has 1 heterocycles. The van der Waals surface area contributed by atoms with Crippen molar-refractivity contribution in [1.29, 1.82) is 0 Å². The van der Waals surface area contributed by atoms with E-state index in [9.17, 15) is 0 Å². The van der Waals surface area contributed by atoms with Crippen molar-refractivity contribution in [3.8, 4) is 0 Å². The van der Waals surface area contributed by atoms with Crippen LogP contribution in [0.1, 0.15) is 23.1 Å². The lowest BCUT2D eigenvalue weighted by Gasteiger charge is -2.05. The van der Waals surface area contributed by atoms with Crippen molar-refractivity contribution in [3.05, 3.63) is 53.5 Å². The van der Waals surface area contributed by atoms with E-state index in [0.717, 1.165) is 18.8 Å². The lowest BCUT2D eigenvalue weighted by Crippen LogP contribution is -2.15. The van der Waals surface area contributed by atoms with Crippen molar-refractivity contribution in [1.82, 2.24) is 5.32 Å². The van der Waals surface area contributed by atoms with E-state index >= 15 is 0 Å². The summed E-state index contributed by atoms with van der Waals surface area (Å²) >= 11 is 1.94. The van der Waals surface area contributed by atoms with Crippen LogP contribution in [-0.4, -0.2) is 12.3 Å². The van der Waals surface area contributed by atoms with Crippen LogP contribution in [0.3, 0.4) is 0 Å². The zero-order chi connectivity index (χ0) is 12.9. The molecule has 2 aromatic rings. The number of rotatable bonds is 6. The topological polar surface area (TPSA) is 25.2 Å². The van der Waals surface area contributed by atoms with Crippen molar-refractivity contribution in [2.45, 2.75) is 30.7 Å². The Morgan fingerprint density at radius 2 is 2.11 bits per heavy atom. The lowest BCUT2D eigenvalue weighted by atomic mass is 10.1. The molecule has 100 valence electrons. The van der Waals surface area contributed by atoms with Crippen LogP contribution >= 0.6 is 11.8 Å². The van der Waals surface area contributed by atoms with E-state index in [0.29, 0.717) is 0 Å². The van der Waals surface area contributed by atoms with Gasteiger partial charge in [-0.05, 0) is 48.6 Å². The van der Waals surface area contributed by atoms with Crippen LogP contribution in [0.2, 0.25) is 0 Å². The van der Waals surface area contributed by atoms with Gasteiger partial charge in [-0.15, -0.1) is 11.8 Å². The summed E-state index contributed by atoms with van der Waals surface area (Å²) in [5, 5.41) is 3.43. The maximum absolute atomic E-state index is 5.04. The number of furan rings is 1. The van der Waals surface area contributed by atoms with Gasteiger partial charge in [0.05, 0.1) is 12.5 Å². The molecule has 3 rings (SSSR count). The first-order valence-corrected chi connectivity index (χ1v) is 7.87. The predicted octanol–water partition coefficient (Wildman–Crippen LogP) is 3.65. The van der Waals surface area contributed by atoms with Gasteiger partial charge in [-0.3, -0.25) is 0 Å². The Labute approximate surface area is 118 Å². The third-order valence-corrected chi connectivity index (χ3v) is 4.52. The van der Waals surface area contributed by atoms with Gasteiger partial charge in [0.25, 0.3) is 0 Å². The Morgan fingerprint density at radius 1 is 1.16 bits per heavy atom. The van der Waals surface area contributed by atoms with Crippen LogP contribution in [0, 0.1) is 0 Å². The molecule has 1 aromatic heterocycles. The summed E-state index contributed by atoms with van der Waals surface area (Å²) < 4.78 is 5.04. The molecular formula is C16H19NOS. The molecule has 1 aliphatic carbocycles. The molecular weight excluding hydrogens is 254 g/mol.